The fourth-order valence-corrected chi connectivity index (χ4v) is 2.48. The third kappa shape index (κ3) is 4.21. The van der Waals surface area contributed by atoms with Gasteiger partial charge >= 0.3 is 5.97 Å². The Labute approximate surface area is 123 Å². The molecule has 0 saturated carbocycles. The number of benzene rings is 1. The molecule has 0 radical (unpaired) electrons. The molecule has 19 heavy (non-hydrogen) atoms. The van der Waals surface area contributed by atoms with Gasteiger partial charge in [0.15, 0.2) is 0 Å². The van der Waals surface area contributed by atoms with E-state index in [1.165, 1.54) is 0 Å². The number of carboxylic acids is 1. The van der Waals surface area contributed by atoms with E-state index in [1.54, 1.807) is 7.11 Å². The molecular weight excluding hydrogens is 310 g/mol. The van der Waals surface area contributed by atoms with Crippen molar-refractivity contribution in [3.8, 4) is 5.75 Å². The molecule has 1 fully saturated rings. The third-order valence-corrected chi connectivity index (χ3v) is 3.52. The van der Waals surface area contributed by atoms with Crippen LogP contribution in [-0.2, 0) is 11.2 Å². The smallest absolute Gasteiger partial charge is 0.308 e. The van der Waals surface area contributed by atoms with Crippen molar-refractivity contribution < 1.29 is 14.6 Å². The van der Waals surface area contributed by atoms with Crippen molar-refractivity contribution in [2.24, 2.45) is 5.92 Å². The molecule has 1 aromatic carbocycles. The Kier molecular flexibility index (Phi) is 6.31. The minimum atomic E-state index is -0.694. The van der Waals surface area contributed by atoms with Crippen LogP contribution in [0.15, 0.2) is 24.3 Å². The molecule has 106 valence electrons. The van der Waals surface area contributed by atoms with Crippen LogP contribution in [0.1, 0.15) is 18.4 Å². The molecule has 1 saturated heterocycles. The highest BCUT2D eigenvalue weighted by atomic mass is 79.9. The maximum absolute atomic E-state index is 11.2. The highest BCUT2D eigenvalue weighted by Gasteiger charge is 2.30. The molecule has 0 unspecified atom stereocenters. The van der Waals surface area contributed by atoms with Gasteiger partial charge in [-0.3, -0.25) is 4.79 Å². The van der Waals surface area contributed by atoms with Crippen LogP contribution in [-0.4, -0.2) is 30.8 Å². The van der Waals surface area contributed by atoms with Gasteiger partial charge in [-0.25, -0.2) is 0 Å². The van der Waals surface area contributed by atoms with E-state index in [0.717, 1.165) is 37.1 Å². The first-order valence-electron chi connectivity index (χ1n) is 6.30. The quantitative estimate of drug-likeness (QED) is 0.889. The lowest BCUT2D eigenvalue weighted by Crippen LogP contribution is -2.46. The van der Waals surface area contributed by atoms with Crippen molar-refractivity contribution >= 4 is 23.0 Å². The highest BCUT2D eigenvalue weighted by molar-refractivity contribution is 8.93. The lowest BCUT2D eigenvalue weighted by Gasteiger charge is -2.29. The number of hydrogen-bond donors (Lipinski definition) is 2. The average molecular weight is 330 g/mol. The summed E-state index contributed by atoms with van der Waals surface area (Å²) in [5.74, 6) is -0.147. The fraction of sp³-hybridized carbons (Fsp3) is 0.500. The molecule has 5 heteroatoms. The van der Waals surface area contributed by atoms with E-state index in [4.69, 9.17) is 4.74 Å². The second-order valence-corrected chi connectivity index (χ2v) is 4.70. The van der Waals surface area contributed by atoms with Crippen LogP contribution in [0, 0.1) is 5.92 Å². The number of piperidine rings is 1. The molecule has 1 aliphatic heterocycles. The van der Waals surface area contributed by atoms with Crippen LogP contribution in [0.3, 0.4) is 0 Å². The van der Waals surface area contributed by atoms with E-state index in [1.807, 2.05) is 24.3 Å². The molecule has 4 nitrogen and oxygen atoms in total. The normalized spacial score (nSPS) is 22.4. The topological polar surface area (TPSA) is 58.6 Å². The summed E-state index contributed by atoms with van der Waals surface area (Å²) in [5, 5.41) is 12.5. The molecule has 0 aliphatic carbocycles. The molecule has 2 N–H and O–H groups in total. The van der Waals surface area contributed by atoms with E-state index in [9.17, 15) is 9.90 Å². The zero-order valence-corrected chi connectivity index (χ0v) is 12.7. The zero-order valence-electron chi connectivity index (χ0n) is 11.0. The summed E-state index contributed by atoms with van der Waals surface area (Å²) in [4.78, 5) is 11.2. The van der Waals surface area contributed by atoms with E-state index in [-0.39, 0.29) is 28.9 Å². The van der Waals surface area contributed by atoms with Gasteiger partial charge in [-0.15, -0.1) is 17.0 Å². The van der Waals surface area contributed by atoms with Gasteiger partial charge < -0.3 is 15.2 Å². The fourth-order valence-electron chi connectivity index (χ4n) is 2.48. The largest absolute Gasteiger partial charge is 0.497 e. The molecule has 0 aromatic heterocycles. The number of nitrogens with one attached hydrogen (secondary N) is 1. The van der Waals surface area contributed by atoms with E-state index >= 15 is 0 Å². The molecule has 2 atom stereocenters. The van der Waals surface area contributed by atoms with Crippen LogP contribution < -0.4 is 10.1 Å². The SMILES string of the molecule is Br.COc1ccc(C[C@@H]2NCCC[C@@H]2C(=O)O)cc1. The zero-order chi connectivity index (χ0) is 13.0. The molecule has 2 rings (SSSR count). The number of carbonyl (C=O) groups is 1. The lowest BCUT2D eigenvalue weighted by atomic mass is 9.87. The van der Waals surface area contributed by atoms with Crippen LogP contribution in [0.2, 0.25) is 0 Å². The second-order valence-electron chi connectivity index (χ2n) is 4.70. The van der Waals surface area contributed by atoms with Crippen LogP contribution in [0.4, 0.5) is 0 Å². The van der Waals surface area contributed by atoms with Crippen molar-refractivity contribution in [3.05, 3.63) is 29.8 Å². The molecule has 0 spiro atoms. The third-order valence-electron chi connectivity index (χ3n) is 3.52. The Morgan fingerprint density at radius 3 is 2.68 bits per heavy atom. The summed E-state index contributed by atoms with van der Waals surface area (Å²) in [6, 6.07) is 7.84. The van der Waals surface area contributed by atoms with Crippen LogP contribution in [0.25, 0.3) is 0 Å². The predicted molar refractivity (Wildman–Crippen MR) is 79.2 cm³/mol. The van der Waals surface area contributed by atoms with Gasteiger partial charge in [0.1, 0.15) is 5.75 Å². The number of methoxy groups -OCH3 is 1. The van der Waals surface area contributed by atoms with Gasteiger partial charge in [0.25, 0.3) is 0 Å². The van der Waals surface area contributed by atoms with E-state index in [2.05, 4.69) is 5.32 Å². The summed E-state index contributed by atoms with van der Waals surface area (Å²) < 4.78 is 5.11. The number of halogens is 1. The van der Waals surface area contributed by atoms with Crippen molar-refractivity contribution in [1.29, 1.82) is 0 Å². The molecule has 1 aliphatic rings. The maximum Gasteiger partial charge on any atom is 0.308 e. The Balaban J connectivity index is 0.00000180. The number of carboxylic acid groups (broad SMARTS) is 1. The molecule has 1 heterocycles. The van der Waals surface area contributed by atoms with Gasteiger partial charge in [-0.1, -0.05) is 12.1 Å². The Morgan fingerprint density at radius 2 is 2.11 bits per heavy atom. The molecule has 0 bridgehead atoms. The number of rotatable bonds is 4. The van der Waals surface area contributed by atoms with Gasteiger partial charge in [-0.2, -0.15) is 0 Å². The predicted octanol–water partition coefficient (Wildman–Crippen LogP) is 2.27. The first kappa shape index (κ1) is 16.0. The Hall–Kier alpha value is -1.07. The molecule has 1 aromatic rings. The summed E-state index contributed by atoms with van der Waals surface area (Å²) in [7, 11) is 1.64. The standard InChI is InChI=1S/C14H19NO3.BrH/c1-18-11-6-4-10(5-7-11)9-13-12(14(16)17)3-2-8-15-13;/h4-7,12-13,15H,2-3,8-9H2,1H3,(H,16,17);1H/t12-,13-;/m0./s1. The van der Waals surface area contributed by atoms with Crippen molar-refractivity contribution in [2.75, 3.05) is 13.7 Å². The monoisotopic (exact) mass is 329 g/mol. The highest BCUT2D eigenvalue weighted by Crippen LogP contribution is 2.21. The number of ether oxygens (including phenoxy) is 1. The second kappa shape index (κ2) is 7.50. The average Bonchev–Trinajstić information content (AvgIpc) is 2.40. The summed E-state index contributed by atoms with van der Waals surface area (Å²) in [5.41, 5.74) is 1.14. The van der Waals surface area contributed by atoms with Crippen LogP contribution in [0.5, 0.6) is 5.75 Å². The lowest BCUT2D eigenvalue weighted by molar-refractivity contribution is -0.143. The van der Waals surface area contributed by atoms with Crippen molar-refractivity contribution in [2.45, 2.75) is 25.3 Å². The van der Waals surface area contributed by atoms with Gasteiger partial charge in [0.05, 0.1) is 13.0 Å². The van der Waals surface area contributed by atoms with Gasteiger partial charge in [0, 0.05) is 6.04 Å². The van der Waals surface area contributed by atoms with Gasteiger partial charge in [0.2, 0.25) is 0 Å². The first-order chi connectivity index (χ1) is 8.70. The molecular formula is C14H20BrNO3. The minimum absolute atomic E-state index is 0. The van der Waals surface area contributed by atoms with Crippen molar-refractivity contribution in [3.63, 3.8) is 0 Å². The number of aliphatic carboxylic acids is 1. The van der Waals surface area contributed by atoms with E-state index in [0.29, 0.717) is 0 Å². The Morgan fingerprint density at radius 1 is 1.42 bits per heavy atom. The van der Waals surface area contributed by atoms with Gasteiger partial charge in [-0.05, 0) is 43.5 Å². The first-order valence-corrected chi connectivity index (χ1v) is 6.30. The van der Waals surface area contributed by atoms with Crippen LogP contribution >= 0.6 is 17.0 Å². The van der Waals surface area contributed by atoms with Crippen molar-refractivity contribution in [1.82, 2.24) is 5.32 Å². The summed E-state index contributed by atoms with van der Waals surface area (Å²) >= 11 is 0. The van der Waals surface area contributed by atoms with E-state index < -0.39 is 5.97 Å². The Bertz CT molecular complexity index is 408. The summed E-state index contributed by atoms with van der Waals surface area (Å²) in [6.45, 7) is 0.907. The maximum atomic E-state index is 11.2. The minimum Gasteiger partial charge on any atom is -0.497 e. The number of hydrogen-bond acceptors (Lipinski definition) is 3. The molecule has 0 amide bonds. The summed E-state index contributed by atoms with van der Waals surface area (Å²) in [6.07, 6.45) is 2.46.